The first-order chi connectivity index (χ1) is 6.76. The zero-order valence-electron chi connectivity index (χ0n) is 8.15. The fourth-order valence-electron chi connectivity index (χ4n) is 0.972. The molecule has 0 aliphatic carbocycles. The van der Waals surface area contributed by atoms with Crippen molar-refractivity contribution in [3.63, 3.8) is 0 Å². The Kier molecular flexibility index (Phi) is 6.63. The SMILES string of the molecule is COc1cccc(NC(=O)C[C-]=O)c1.[W]. The summed E-state index contributed by atoms with van der Waals surface area (Å²) in [7, 11) is 1.54. The number of ether oxygens (including phenoxy) is 1. The minimum atomic E-state index is -0.381. The minimum absolute atomic E-state index is 0. The van der Waals surface area contributed by atoms with Crippen molar-refractivity contribution >= 4 is 17.9 Å². The predicted molar refractivity (Wildman–Crippen MR) is 51.9 cm³/mol. The van der Waals surface area contributed by atoms with Crippen molar-refractivity contribution in [2.75, 3.05) is 12.4 Å². The summed E-state index contributed by atoms with van der Waals surface area (Å²) in [6, 6.07) is 6.90. The summed E-state index contributed by atoms with van der Waals surface area (Å²) in [5, 5.41) is 2.54. The van der Waals surface area contributed by atoms with E-state index in [1.807, 2.05) is 0 Å². The molecule has 1 rings (SSSR count). The fourth-order valence-corrected chi connectivity index (χ4v) is 0.972. The van der Waals surface area contributed by atoms with Gasteiger partial charge in [-0.3, -0.25) is 11.1 Å². The predicted octanol–water partition coefficient (Wildman–Crippen LogP) is 1.13. The third kappa shape index (κ3) is 4.75. The van der Waals surface area contributed by atoms with Crippen LogP contribution < -0.4 is 10.1 Å². The molecule has 0 spiro atoms. The maximum atomic E-state index is 11.0. The van der Waals surface area contributed by atoms with Crippen LogP contribution in [0.2, 0.25) is 0 Å². The van der Waals surface area contributed by atoms with E-state index in [0.717, 1.165) is 0 Å². The van der Waals surface area contributed by atoms with E-state index in [9.17, 15) is 9.59 Å². The zero-order chi connectivity index (χ0) is 10.4. The number of carbonyl (C=O) groups is 1. The third-order valence-electron chi connectivity index (χ3n) is 1.59. The first-order valence-corrected chi connectivity index (χ1v) is 4.05. The van der Waals surface area contributed by atoms with Gasteiger partial charge in [-0.25, -0.2) is 0 Å². The first kappa shape index (κ1) is 13.8. The standard InChI is InChI=1S/C10H10NO3.W/c1-14-9-4-2-3-8(7-9)11-10(13)5-6-12;/h2-4,7H,5H2,1H3,(H,11,13);/q-1;. The molecule has 0 aliphatic heterocycles. The van der Waals surface area contributed by atoms with Crippen molar-refractivity contribution in [1.82, 2.24) is 0 Å². The molecule has 80 valence electrons. The van der Waals surface area contributed by atoms with Gasteiger partial charge >= 0.3 is 0 Å². The van der Waals surface area contributed by atoms with Gasteiger partial charge in [-0.2, -0.15) is 0 Å². The number of hydrogen-bond donors (Lipinski definition) is 1. The summed E-state index contributed by atoms with van der Waals surface area (Å²) in [6.45, 7) is 0. The van der Waals surface area contributed by atoms with Crippen molar-refractivity contribution in [1.29, 1.82) is 0 Å². The largest absolute Gasteiger partial charge is 0.541 e. The molecule has 0 bridgehead atoms. The van der Waals surface area contributed by atoms with Crippen LogP contribution in [-0.2, 0) is 30.7 Å². The number of hydrogen-bond acceptors (Lipinski definition) is 3. The second-order valence-corrected chi connectivity index (χ2v) is 2.60. The van der Waals surface area contributed by atoms with E-state index in [2.05, 4.69) is 5.32 Å². The first-order valence-electron chi connectivity index (χ1n) is 4.05. The smallest absolute Gasteiger partial charge is 0.197 e. The quantitative estimate of drug-likeness (QED) is 0.634. The molecule has 0 aromatic heterocycles. The van der Waals surface area contributed by atoms with Crippen molar-refractivity contribution in [2.45, 2.75) is 6.42 Å². The van der Waals surface area contributed by atoms with Gasteiger partial charge in [0.15, 0.2) is 5.91 Å². The molecule has 5 heteroatoms. The van der Waals surface area contributed by atoms with Crippen molar-refractivity contribution in [2.24, 2.45) is 0 Å². The molecule has 1 amide bonds. The molecule has 4 nitrogen and oxygen atoms in total. The maximum Gasteiger partial charge on any atom is 0.197 e. The van der Waals surface area contributed by atoms with Crippen LogP contribution in [0.4, 0.5) is 5.69 Å². The van der Waals surface area contributed by atoms with Crippen LogP contribution >= 0.6 is 0 Å². The summed E-state index contributed by atoms with van der Waals surface area (Å²) in [5.41, 5.74) is 0.601. The average molecular weight is 376 g/mol. The molecule has 0 fully saturated rings. The van der Waals surface area contributed by atoms with Crippen molar-refractivity contribution in [3.05, 3.63) is 24.3 Å². The molecule has 1 aromatic carbocycles. The summed E-state index contributed by atoms with van der Waals surface area (Å²) in [4.78, 5) is 20.9. The van der Waals surface area contributed by atoms with Crippen LogP contribution in [0.3, 0.4) is 0 Å². The molecule has 0 aliphatic rings. The van der Waals surface area contributed by atoms with E-state index < -0.39 is 0 Å². The van der Waals surface area contributed by atoms with E-state index >= 15 is 0 Å². The van der Waals surface area contributed by atoms with Gasteiger partial charge in [0.2, 0.25) is 0 Å². The minimum Gasteiger partial charge on any atom is -0.541 e. The Balaban J connectivity index is 0.00000196. The number of methoxy groups -OCH3 is 1. The Morgan fingerprint density at radius 1 is 1.53 bits per heavy atom. The van der Waals surface area contributed by atoms with Crippen LogP contribution in [0.15, 0.2) is 24.3 Å². The number of nitrogens with one attached hydrogen (secondary N) is 1. The normalized spacial score (nSPS) is 8.60. The van der Waals surface area contributed by atoms with Gasteiger partial charge < -0.3 is 14.8 Å². The summed E-state index contributed by atoms with van der Waals surface area (Å²) in [5.74, 6) is 0.270. The Bertz CT molecular complexity index is 341. The average Bonchev–Trinajstić information content (AvgIpc) is 2.18. The number of benzene rings is 1. The van der Waals surface area contributed by atoms with Gasteiger partial charge in [0.05, 0.1) is 7.11 Å². The molecular formula is C10H10NO3W-. The number of anilines is 1. The van der Waals surface area contributed by atoms with Crippen LogP contribution in [0.1, 0.15) is 6.42 Å². The van der Waals surface area contributed by atoms with Crippen molar-refractivity contribution in [3.8, 4) is 5.75 Å². The molecule has 15 heavy (non-hydrogen) atoms. The molecular weight excluding hydrogens is 366 g/mol. The van der Waals surface area contributed by atoms with E-state index in [4.69, 9.17) is 4.74 Å². The zero-order valence-corrected chi connectivity index (χ0v) is 11.1. The second kappa shape index (κ2) is 7.18. The summed E-state index contributed by atoms with van der Waals surface area (Å²) < 4.78 is 4.97. The van der Waals surface area contributed by atoms with Gasteiger partial charge in [0, 0.05) is 32.8 Å². The van der Waals surface area contributed by atoms with Gasteiger partial charge in [-0.05, 0) is 12.1 Å². The third-order valence-corrected chi connectivity index (χ3v) is 1.59. The molecule has 1 N–H and O–H groups in total. The monoisotopic (exact) mass is 376 g/mol. The van der Waals surface area contributed by atoms with E-state index in [1.54, 1.807) is 31.4 Å². The summed E-state index contributed by atoms with van der Waals surface area (Å²) in [6.07, 6.45) is 1.27. The van der Waals surface area contributed by atoms with Gasteiger partial charge in [-0.15, -0.1) is 0 Å². The Morgan fingerprint density at radius 2 is 2.27 bits per heavy atom. The number of amides is 1. The Hall–Kier alpha value is -1.15. The maximum absolute atomic E-state index is 11.0. The van der Waals surface area contributed by atoms with Crippen LogP contribution in [0.25, 0.3) is 0 Å². The fraction of sp³-hybridized carbons (Fsp3) is 0.200. The van der Waals surface area contributed by atoms with Gasteiger partial charge in [0.25, 0.3) is 0 Å². The second-order valence-electron chi connectivity index (χ2n) is 2.60. The van der Waals surface area contributed by atoms with Gasteiger partial charge in [-0.1, -0.05) is 12.5 Å². The molecule has 0 atom stereocenters. The molecule has 0 heterocycles. The molecule has 1 aromatic rings. The Morgan fingerprint density at radius 3 is 2.87 bits per heavy atom. The van der Waals surface area contributed by atoms with Gasteiger partial charge in [0.1, 0.15) is 5.75 Å². The molecule has 0 saturated heterocycles. The topological polar surface area (TPSA) is 55.4 Å². The van der Waals surface area contributed by atoms with E-state index in [0.29, 0.717) is 11.4 Å². The van der Waals surface area contributed by atoms with Crippen LogP contribution in [0, 0.1) is 0 Å². The van der Waals surface area contributed by atoms with E-state index in [1.165, 1.54) is 6.29 Å². The van der Waals surface area contributed by atoms with Crippen molar-refractivity contribution < 1.29 is 35.4 Å². The molecule has 0 saturated carbocycles. The van der Waals surface area contributed by atoms with Crippen LogP contribution in [-0.4, -0.2) is 19.3 Å². The van der Waals surface area contributed by atoms with Crippen LogP contribution in [0.5, 0.6) is 5.75 Å². The van der Waals surface area contributed by atoms with E-state index in [-0.39, 0.29) is 33.4 Å². The Labute approximate surface area is 102 Å². The molecule has 0 unspecified atom stereocenters. The number of rotatable bonds is 4. The summed E-state index contributed by atoms with van der Waals surface area (Å²) >= 11 is 0. The molecule has 0 radical (unpaired) electrons. The number of carbonyl (C=O) groups excluding carboxylic acids is 2.